The first-order chi connectivity index (χ1) is 9.99. The minimum Gasteiger partial charge on any atom is -0.480 e. The lowest BCUT2D eigenvalue weighted by Crippen LogP contribution is -2.44. The van der Waals surface area contributed by atoms with Crippen LogP contribution in [0.25, 0.3) is 10.9 Å². The molecule has 0 aliphatic rings. The van der Waals surface area contributed by atoms with Gasteiger partial charge in [0, 0.05) is 23.5 Å². The number of carboxylic acids is 1. The minimum absolute atomic E-state index is 0.139. The standard InChI is InChI=1S/C16H20N2O3/c1-10(2)15(16(20)21)18-14(19)8-7-11-9-17-13-6-4-3-5-12(11)13/h3-6,9-10,15,17H,7-8H2,1-2H3,(H,18,19)(H,20,21). The maximum atomic E-state index is 11.9. The second-order valence-corrected chi connectivity index (χ2v) is 5.49. The van der Waals surface area contributed by atoms with Gasteiger partial charge in [0.25, 0.3) is 0 Å². The number of aliphatic carboxylic acids is 1. The Morgan fingerprint density at radius 2 is 2.00 bits per heavy atom. The SMILES string of the molecule is CC(C)C(NC(=O)CCc1c[nH]c2ccccc12)C(=O)O. The highest BCUT2D eigenvalue weighted by molar-refractivity contribution is 5.86. The maximum absolute atomic E-state index is 11.9. The molecule has 2 aromatic rings. The van der Waals surface area contributed by atoms with E-state index in [9.17, 15) is 9.59 Å². The summed E-state index contributed by atoms with van der Waals surface area (Å²) < 4.78 is 0. The van der Waals surface area contributed by atoms with Gasteiger partial charge in [-0.25, -0.2) is 4.79 Å². The molecule has 0 bridgehead atoms. The van der Waals surface area contributed by atoms with Gasteiger partial charge in [0.1, 0.15) is 6.04 Å². The van der Waals surface area contributed by atoms with Crippen LogP contribution < -0.4 is 5.32 Å². The summed E-state index contributed by atoms with van der Waals surface area (Å²) in [5.74, 6) is -1.37. The number of H-pyrrole nitrogens is 1. The van der Waals surface area contributed by atoms with E-state index in [-0.39, 0.29) is 18.2 Å². The highest BCUT2D eigenvalue weighted by atomic mass is 16.4. The summed E-state index contributed by atoms with van der Waals surface area (Å²) in [5.41, 5.74) is 2.11. The molecule has 0 saturated carbocycles. The predicted octanol–water partition coefficient (Wildman–Crippen LogP) is 2.33. The molecular formula is C16H20N2O3. The van der Waals surface area contributed by atoms with E-state index in [0.29, 0.717) is 6.42 Å². The lowest BCUT2D eigenvalue weighted by Gasteiger charge is -2.17. The Kier molecular flexibility index (Phi) is 4.62. The number of para-hydroxylation sites is 1. The molecule has 1 aromatic heterocycles. The number of carboxylic acid groups (broad SMARTS) is 1. The van der Waals surface area contributed by atoms with Gasteiger partial charge in [-0.3, -0.25) is 4.79 Å². The highest BCUT2D eigenvalue weighted by Gasteiger charge is 2.23. The van der Waals surface area contributed by atoms with Crippen LogP contribution in [0.2, 0.25) is 0 Å². The minimum atomic E-state index is -0.995. The molecule has 3 N–H and O–H groups in total. The predicted molar refractivity (Wildman–Crippen MR) is 81.0 cm³/mol. The Morgan fingerprint density at radius 3 is 2.67 bits per heavy atom. The van der Waals surface area contributed by atoms with E-state index in [2.05, 4.69) is 10.3 Å². The summed E-state index contributed by atoms with van der Waals surface area (Å²) in [4.78, 5) is 26.1. The molecule has 21 heavy (non-hydrogen) atoms. The Hall–Kier alpha value is -2.30. The smallest absolute Gasteiger partial charge is 0.326 e. The monoisotopic (exact) mass is 288 g/mol. The van der Waals surface area contributed by atoms with E-state index >= 15 is 0 Å². The molecule has 0 aliphatic carbocycles. The summed E-state index contributed by atoms with van der Waals surface area (Å²) >= 11 is 0. The largest absolute Gasteiger partial charge is 0.480 e. The van der Waals surface area contributed by atoms with Crippen LogP contribution >= 0.6 is 0 Å². The van der Waals surface area contributed by atoms with E-state index in [1.54, 1.807) is 13.8 Å². The fourth-order valence-electron chi connectivity index (χ4n) is 2.35. The molecule has 1 heterocycles. The molecule has 1 unspecified atom stereocenters. The van der Waals surface area contributed by atoms with E-state index in [0.717, 1.165) is 16.5 Å². The fourth-order valence-corrected chi connectivity index (χ4v) is 2.35. The topological polar surface area (TPSA) is 82.2 Å². The molecule has 0 radical (unpaired) electrons. The van der Waals surface area contributed by atoms with Crippen LogP contribution in [0.1, 0.15) is 25.8 Å². The third-order valence-corrected chi connectivity index (χ3v) is 3.55. The van der Waals surface area contributed by atoms with Gasteiger partial charge in [-0.2, -0.15) is 0 Å². The number of aromatic amines is 1. The van der Waals surface area contributed by atoms with Gasteiger partial charge in [0.15, 0.2) is 0 Å². The molecule has 1 aromatic carbocycles. The number of carbonyl (C=O) groups excluding carboxylic acids is 1. The quantitative estimate of drug-likeness (QED) is 0.763. The van der Waals surface area contributed by atoms with Gasteiger partial charge >= 0.3 is 5.97 Å². The zero-order valence-corrected chi connectivity index (χ0v) is 12.2. The van der Waals surface area contributed by atoms with Gasteiger partial charge in [-0.15, -0.1) is 0 Å². The first-order valence-corrected chi connectivity index (χ1v) is 7.06. The second kappa shape index (κ2) is 6.43. The van der Waals surface area contributed by atoms with Crippen molar-refractivity contribution >= 4 is 22.8 Å². The molecule has 5 nitrogen and oxygen atoms in total. The van der Waals surface area contributed by atoms with Crippen molar-refractivity contribution in [1.82, 2.24) is 10.3 Å². The number of rotatable bonds is 6. The van der Waals surface area contributed by atoms with Crippen LogP contribution in [0.5, 0.6) is 0 Å². The molecule has 0 spiro atoms. The van der Waals surface area contributed by atoms with E-state index < -0.39 is 12.0 Å². The van der Waals surface area contributed by atoms with Crippen molar-refractivity contribution in [3.63, 3.8) is 0 Å². The number of fused-ring (bicyclic) bond motifs is 1. The molecule has 1 atom stereocenters. The molecule has 0 fully saturated rings. The highest BCUT2D eigenvalue weighted by Crippen LogP contribution is 2.18. The third kappa shape index (κ3) is 3.62. The van der Waals surface area contributed by atoms with Crippen molar-refractivity contribution in [2.24, 2.45) is 5.92 Å². The molecule has 112 valence electrons. The third-order valence-electron chi connectivity index (χ3n) is 3.55. The van der Waals surface area contributed by atoms with Crippen LogP contribution in [-0.2, 0) is 16.0 Å². The summed E-state index contributed by atoms with van der Waals surface area (Å²) in [5, 5.41) is 12.7. The van der Waals surface area contributed by atoms with Crippen molar-refractivity contribution in [2.75, 3.05) is 0 Å². The van der Waals surface area contributed by atoms with Gasteiger partial charge < -0.3 is 15.4 Å². The number of hydrogen-bond donors (Lipinski definition) is 3. The summed E-state index contributed by atoms with van der Waals surface area (Å²) in [6, 6.07) is 7.07. The van der Waals surface area contributed by atoms with Gasteiger partial charge in [-0.1, -0.05) is 32.0 Å². The van der Waals surface area contributed by atoms with E-state index in [1.807, 2.05) is 30.5 Å². The molecule has 0 saturated heterocycles. The number of hydrogen-bond acceptors (Lipinski definition) is 2. The lowest BCUT2D eigenvalue weighted by atomic mass is 10.0. The van der Waals surface area contributed by atoms with Crippen LogP contribution in [0, 0.1) is 5.92 Å². The molecule has 2 rings (SSSR count). The summed E-state index contributed by atoms with van der Waals surface area (Å²) in [6.07, 6.45) is 2.76. The number of nitrogens with one attached hydrogen (secondary N) is 2. The second-order valence-electron chi connectivity index (χ2n) is 5.49. The first-order valence-electron chi connectivity index (χ1n) is 7.06. The Bertz CT molecular complexity index is 646. The molecule has 1 amide bonds. The Balaban J connectivity index is 1.96. The average Bonchev–Trinajstić information content (AvgIpc) is 2.85. The number of aryl methyl sites for hydroxylation is 1. The lowest BCUT2D eigenvalue weighted by molar-refractivity contribution is -0.143. The van der Waals surface area contributed by atoms with Crippen molar-refractivity contribution < 1.29 is 14.7 Å². The van der Waals surface area contributed by atoms with Crippen molar-refractivity contribution in [1.29, 1.82) is 0 Å². The average molecular weight is 288 g/mol. The van der Waals surface area contributed by atoms with Gasteiger partial charge in [0.05, 0.1) is 0 Å². The zero-order chi connectivity index (χ0) is 15.4. The Labute approximate surface area is 123 Å². The van der Waals surface area contributed by atoms with Crippen LogP contribution in [0.3, 0.4) is 0 Å². The number of aromatic nitrogens is 1. The Morgan fingerprint density at radius 1 is 1.29 bits per heavy atom. The zero-order valence-electron chi connectivity index (χ0n) is 12.2. The fraction of sp³-hybridized carbons (Fsp3) is 0.375. The van der Waals surface area contributed by atoms with E-state index in [4.69, 9.17) is 5.11 Å². The maximum Gasteiger partial charge on any atom is 0.326 e. The molecular weight excluding hydrogens is 268 g/mol. The molecule has 0 aliphatic heterocycles. The van der Waals surface area contributed by atoms with Crippen LogP contribution in [0.15, 0.2) is 30.5 Å². The molecule has 5 heteroatoms. The first kappa shape index (κ1) is 15.1. The van der Waals surface area contributed by atoms with Crippen molar-refractivity contribution in [2.45, 2.75) is 32.7 Å². The number of benzene rings is 1. The van der Waals surface area contributed by atoms with Crippen LogP contribution in [-0.4, -0.2) is 28.0 Å². The van der Waals surface area contributed by atoms with Crippen LogP contribution in [0.4, 0.5) is 0 Å². The van der Waals surface area contributed by atoms with Gasteiger partial charge in [0.2, 0.25) is 5.91 Å². The normalized spacial score (nSPS) is 12.5. The summed E-state index contributed by atoms with van der Waals surface area (Å²) in [6.45, 7) is 3.55. The summed E-state index contributed by atoms with van der Waals surface area (Å²) in [7, 11) is 0. The van der Waals surface area contributed by atoms with E-state index in [1.165, 1.54) is 0 Å². The van der Waals surface area contributed by atoms with Gasteiger partial charge in [-0.05, 0) is 24.0 Å². The van der Waals surface area contributed by atoms with Crippen molar-refractivity contribution in [3.05, 3.63) is 36.0 Å². The number of amides is 1. The van der Waals surface area contributed by atoms with Crippen molar-refractivity contribution in [3.8, 4) is 0 Å². The number of carbonyl (C=O) groups is 2.